The Hall–Kier alpha value is -1.18. The number of ether oxygens (including phenoxy) is 1. The van der Waals surface area contributed by atoms with Crippen molar-refractivity contribution >= 4 is 5.69 Å². The number of fused-ring (bicyclic) bond motifs is 1. The predicted molar refractivity (Wildman–Crippen MR) is 63.6 cm³/mol. The first kappa shape index (κ1) is 10.3. The molecule has 1 N–H and O–H groups in total. The highest BCUT2D eigenvalue weighted by molar-refractivity contribution is 5.59. The molecule has 0 unspecified atom stereocenters. The molecule has 1 aromatic carbocycles. The van der Waals surface area contributed by atoms with Crippen LogP contribution in [0.5, 0.6) is 5.75 Å². The van der Waals surface area contributed by atoms with Crippen molar-refractivity contribution in [3.63, 3.8) is 0 Å². The van der Waals surface area contributed by atoms with Crippen LogP contribution in [-0.4, -0.2) is 12.6 Å². The van der Waals surface area contributed by atoms with E-state index in [-0.39, 0.29) is 0 Å². The third-order valence-electron chi connectivity index (χ3n) is 2.83. The first-order valence-corrected chi connectivity index (χ1v) is 5.81. The van der Waals surface area contributed by atoms with Crippen LogP contribution in [0, 0.1) is 6.92 Å². The molecule has 15 heavy (non-hydrogen) atoms. The fourth-order valence-electron chi connectivity index (χ4n) is 1.91. The summed E-state index contributed by atoms with van der Waals surface area (Å²) in [5, 5.41) is 3.42. The molecular formula is C13H19NO. The lowest BCUT2D eigenvalue weighted by atomic mass is 10.1. The molecule has 0 spiro atoms. The summed E-state index contributed by atoms with van der Waals surface area (Å²) >= 11 is 0. The average Bonchev–Trinajstić information content (AvgIpc) is 2.25. The van der Waals surface area contributed by atoms with Gasteiger partial charge in [-0.2, -0.15) is 0 Å². The monoisotopic (exact) mass is 205 g/mol. The summed E-state index contributed by atoms with van der Waals surface area (Å²) in [5.74, 6) is 1.02. The molecule has 0 saturated heterocycles. The minimum atomic E-state index is 0.347. The zero-order valence-corrected chi connectivity index (χ0v) is 9.55. The maximum Gasteiger partial charge on any atom is 0.143 e. The lowest BCUT2D eigenvalue weighted by Crippen LogP contribution is -2.30. The number of unbranched alkanes of at least 4 members (excludes halogenated alkanes) is 1. The second kappa shape index (κ2) is 4.56. The van der Waals surface area contributed by atoms with E-state index in [4.69, 9.17) is 4.74 Å². The van der Waals surface area contributed by atoms with Crippen LogP contribution in [0.4, 0.5) is 5.69 Å². The van der Waals surface area contributed by atoms with Crippen molar-refractivity contribution in [2.75, 3.05) is 11.9 Å². The van der Waals surface area contributed by atoms with Gasteiger partial charge in [-0.15, -0.1) is 0 Å². The molecule has 82 valence electrons. The van der Waals surface area contributed by atoms with Crippen LogP contribution < -0.4 is 10.1 Å². The van der Waals surface area contributed by atoms with E-state index >= 15 is 0 Å². The molecule has 1 atom stereocenters. The quantitative estimate of drug-likeness (QED) is 0.817. The third kappa shape index (κ3) is 2.44. The van der Waals surface area contributed by atoms with Crippen molar-refractivity contribution in [1.82, 2.24) is 0 Å². The van der Waals surface area contributed by atoms with Gasteiger partial charge in [-0.3, -0.25) is 0 Å². The van der Waals surface area contributed by atoms with Crippen molar-refractivity contribution in [2.45, 2.75) is 39.2 Å². The maximum atomic E-state index is 5.95. The van der Waals surface area contributed by atoms with E-state index in [0.717, 1.165) is 24.4 Å². The highest BCUT2D eigenvalue weighted by atomic mass is 16.5. The SMILES string of the molecule is CCCC[C@@H]1CNc2ccc(C)cc2O1. The topological polar surface area (TPSA) is 21.3 Å². The Bertz CT molecular complexity index is 335. The fraction of sp³-hybridized carbons (Fsp3) is 0.538. The van der Waals surface area contributed by atoms with Gasteiger partial charge in [0.05, 0.1) is 12.2 Å². The van der Waals surface area contributed by atoms with E-state index in [1.54, 1.807) is 0 Å². The molecule has 1 heterocycles. The van der Waals surface area contributed by atoms with E-state index < -0.39 is 0 Å². The van der Waals surface area contributed by atoms with Crippen LogP contribution in [0.1, 0.15) is 31.7 Å². The van der Waals surface area contributed by atoms with Crippen molar-refractivity contribution in [3.8, 4) is 5.75 Å². The Kier molecular flexibility index (Phi) is 3.14. The molecule has 1 aromatic rings. The first-order valence-electron chi connectivity index (χ1n) is 5.81. The van der Waals surface area contributed by atoms with Gasteiger partial charge < -0.3 is 10.1 Å². The summed E-state index contributed by atoms with van der Waals surface area (Å²) in [6.07, 6.45) is 3.98. The largest absolute Gasteiger partial charge is 0.486 e. The van der Waals surface area contributed by atoms with Crippen LogP contribution >= 0.6 is 0 Å². The van der Waals surface area contributed by atoms with Gasteiger partial charge in [-0.1, -0.05) is 19.4 Å². The van der Waals surface area contributed by atoms with Gasteiger partial charge in [0.1, 0.15) is 11.9 Å². The lowest BCUT2D eigenvalue weighted by Gasteiger charge is -2.27. The molecule has 0 fully saturated rings. The van der Waals surface area contributed by atoms with E-state index in [9.17, 15) is 0 Å². The molecule has 0 amide bonds. The summed E-state index contributed by atoms with van der Waals surface area (Å²) in [5.41, 5.74) is 2.39. The first-order chi connectivity index (χ1) is 7.29. The number of benzene rings is 1. The smallest absolute Gasteiger partial charge is 0.143 e. The van der Waals surface area contributed by atoms with E-state index in [1.165, 1.54) is 18.4 Å². The van der Waals surface area contributed by atoms with E-state index in [0.29, 0.717) is 6.10 Å². The van der Waals surface area contributed by atoms with Crippen molar-refractivity contribution < 1.29 is 4.74 Å². The highest BCUT2D eigenvalue weighted by Crippen LogP contribution is 2.30. The normalized spacial score (nSPS) is 18.9. The molecule has 2 heteroatoms. The molecule has 2 nitrogen and oxygen atoms in total. The summed E-state index contributed by atoms with van der Waals surface area (Å²) in [4.78, 5) is 0. The van der Waals surface area contributed by atoms with Crippen molar-refractivity contribution in [3.05, 3.63) is 23.8 Å². The van der Waals surface area contributed by atoms with Crippen LogP contribution in [0.3, 0.4) is 0 Å². The number of hydrogen-bond acceptors (Lipinski definition) is 2. The lowest BCUT2D eigenvalue weighted by molar-refractivity contribution is 0.192. The number of nitrogens with one attached hydrogen (secondary N) is 1. The van der Waals surface area contributed by atoms with Gasteiger partial charge >= 0.3 is 0 Å². The van der Waals surface area contributed by atoms with Gasteiger partial charge in [0, 0.05) is 0 Å². The molecule has 1 aliphatic heterocycles. The van der Waals surface area contributed by atoms with E-state index in [2.05, 4.69) is 37.4 Å². The summed E-state index contributed by atoms with van der Waals surface area (Å²) in [7, 11) is 0. The number of anilines is 1. The molecule has 1 aliphatic rings. The summed E-state index contributed by atoms with van der Waals surface area (Å²) in [6, 6.07) is 6.32. The molecule has 0 saturated carbocycles. The number of rotatable bonds is 3. The second-order valence-corrected chi connectivity index (χ2v) is 4.26. The molecule has 2 rings (SSSR count). The maximum absolute atomic E-state index is 5.95. The van der Waals surface area contributed by atoms with Crippen molar-refractivity contribution in [2.24, 2.45) is 0 Å². The van der Waals surface area contributed by atoms with E-state index in [1.807, 2.05) is 0 Å². The molecule has 0 aliphatic carbocycles. The van der Waals surface area contributed by atoms with Crippen LogP contribution in [-0.2, 0) is 0 Å². The Morgan fingerprint density at radius 2 is 2.33 bits per heavy atom. The molecule has 0 bridgehead atoms. The summed E-state index contributed by atoms with van der Waals surface area (Å²) in [6.45, 7) is 5.25. The van der Waals surface area contributed by atoms with Crippen LogP contribution in [0.2, 0.25) is 0 Å². The highest BCUT2D eigenvalue weighted by Gasteiger charge is 2.18. The molecule has 0 radical (unpaired) electrons. The van der Waals surface area contributed by atoms with Gasteiger partial charge in [0.2, 0.25) is 0 Å². The minimum Gasteiger partial charge on any atom is -0.486 e. The minimum absolute atomic E-state index is 0.347. The predicted octanol–water partition coefficient (Wildman–Crippen LogP) is 3.36. The zero-order valence-electron chi connectivity index (χ0n) is 9.55. The number of hydrogen-bond donors (Lipinski definition) is 1. The average molecular weight is 205 g/mol. The standard InChI is InChI=1S/C13H19NO/c1-3-4-5-11-9-14-12-7-6-10(2)8-13(12)15-11/h6-8,11,14H,3-5,9H2,1-2H3/t11-/m1/s1. The second-order valence-electron chi connectivity index (χ2n) is 4.26. The zero-order chi connectivity index (χ0) is 10.7. The van der Waals surface area contributed by atoms with Crippen LogP contribution in [0.15, 0.2) is 18.2 Å². The van der Waals surface area contributed by atoms with Gasteiger partial charge in [-0.25, -0.2) is 0 Å². The Balaban J connectivity index is 2.05. The Labute approximate surface area is 91.6 Å². The van der Waals surface area contributed by atoms with Gasteiger partial charge in [0.25, 0.3) is 0 Å². The molecule has 0 aromatic heterocycles. The van der Waals surface area contributed by atoms with Crippen molar-refractivity contribution in [1.29, 1.82) is 0 Å². The van der Waals surface area contributed by atoms with Gasteiger partial charge in [0.15, 0.2) is 0 Å². The third-order valence-corrected chi connectivity index (χ3v) is 2.83. The fourth-order valence-corrected chi connectivity index (χ4v) is 1.91. The Morgan fingerprint density at radius 1 is 1.47 bits per heavy atom. The van der Waals surface area contributed by atoms with Crippen LogP contribution in [0.25, 0.3) is 0 Å². The summed E-state index contributed by atoms with van der Waals surface area (Å²) < 4.78 is 5.95. The van der Waals surface area contributed by atoms with Gasteiger partial charge in [-0.05, 0) is 37.5 Å². The molecular weight excluding hydrogens is 186 g/mol. The Morgan fingerprint density at radius 3 is 3.13 bits per heavy atom. The number of aryl methyl sites for hydroxylation is 1.